The second-order valence-corrected chi connectivity index (χ2v) is 9.75. The molecule has 1 aliphatic carbocycles. The predicted octanol–water partition coefficient (Wildman–Crippen LogP) is 7.30. The maximum atomic E-state index is 6.34. The summed E-state index contributed by atoms with van der Waals surface area (Å²) in [5.41, 5.74) is 4.85. The summed E-state index contributed by atoms with van der Waals surface area (Å²) in [6.45, 7) is 0. The Morgan fingerprint density at radius 2 is 1.64 bits per heavy atom. The zero-order valence-electron chi connectivity index (χ0n) is 17.3. The number of thioether (sulfide) groups is 1. The first-order chi connectivity index (χ1) is 16.2. The number of halogens is 1. The molecule has 1 aliphatic heterocycles. The Bertz CT molecular complexity index is 1640. The first kappa shape index (κ1) is 19.1. The zero-order valence-corrected chi connectivity index (χ0v) is 18.8. The topological polar surface area (TPSA) is 51.8 Å². The average molecular weight is 466 g/mol. The third-order valence-electron chi connectivity index (χ3n) is 6.23. The van der Waals surface area contributed by atoms with Gasteiger partial charge in [0.15, 0.2) is 11.6 Å². The number of rotatable bonds is 2. The highest BCUT2D eigenvalue weighted by Crippen LogP contribution is 2.49. The molecular weight excluding hydrogens is 450 g/mol. The molecule has 33 heavy (non-hydrogen) atoms. The molecule has 2 aliphatic rings. The SMILES string of the molecule is Clc1nc(C2=CC3Sc4ccccc4C3C=C2)nc(-c2ccc3c(c2)oc2ccccc23)n1. The molecule has 0 saturated carbocycles. The van der Waals surface area contributed by atoms with Crippen LogP contribution in [0.2, 0.25) is 5.28 Å². The van der Waals surface area contributed by atoms with Crippen molar-refractivity contribution in [3.05, 3.63) is 102 Å². The molecule has 4 nitrogen and oxygen atoms in total. The Kier molecular flexibility index (Phi) is 4.23. The van der Waals surface area contributed by atoms with E-state index in [9.17, 15) is 0 Å². The number of aromatic nitrogens is 3. The summed E-state index contributed by atoms with van der Waals surface area (Å²) in [5.74, 6) is 1.49. The van der Waals surface area contributed by atoms with Crippen LogP contribution in [0.5, 0.6) is 0 Å². The van der Waals surface area contributed by atoms with E-state index in [2.05, 4.69) is 58.5 Å². The molecule has 2 unspecified atom stereocenters. The van der Waals surface area contributed by atoms with E-state index in [1.54, 1.807) is 0 Å². The van der Waals surface area contributed by atoms with E-state index in [0.717, 1.165) is 33.1 Å². The van der Waals surface area contributed by atoms with Crippen LogP contribution in [0, 0.1) is 0 Å². The molecule has 158 valence electrons. The highest BCUT2D eigenvalue weighted by molar-refractivity contribution is 8.00. The average Bonchev–Trinajstić information content (AvgIpc) is 3.40. The van der Waals surface area contributed by atoms with Crippen LogP contribution >= 0.6 is 23.4 Å². The summed E-state index contributed by atoms with van der Waals surface area (Å²) in [6.07, 6.45) is 6.59. The van der Waals surface area contributed by atoms with Crippen LogP contribution in [0.1, 0.15) is 17.3 Å². The molecule has 0 spiro atoms. The summed E-state index contributed by atoms with van der Waals surface area (Å²) in [7, 11) is 0. The standard InChI is InChI=1S/C27H16ClN3OS/c28-27-30-25(15-9-11-18-17-5-1-3-7-21(17)32-22(18)13-15)29-26(31-27)16-10-12-20-19-6-2-4-8-23(19)33-24(20)14-16/h1-14,20,24H. The molecule has 0 radical (unpaired) electrons. The summed E-state index contributed by atoms with van der Waals surface area (Å²) < 4.78 is 6.04. The Hall–Kier alpha value is -3.41. The summed E-state index contributed by atoms with van der Waals surface area (Å²) in [5, 5.41) is 2.67. The van der Waals surface area contributed by atoms with Crippen molar-refractivity contribution in [3.63, 3.8) is 0 Å². The zero-order chi connectivity index (χ0) is 21.9. The third kappa shape index (κ3) is 3.11. The van der Waals surface area contributed by atoms with E-state index in [0.29, 0.717) is 22.8 Å². The predicted molar refractivity (Wildman–Crippen MR) is 133 cm³/mol. The molecule has 0 saturated heterocycles. The van der Waals surface area contributed by atoms with Crippen molar-refractivity contribution in [2.24, 2.45) is 0 Å². The molecular formula is C27H16ClN3OS. The second kappa shape index (κ2) is 7.30. The minimum absolute atomic E-state index is 0.179. The van der Waals surface area contributed by atoms with E-state index in [4.69, 9.17) is 21.0 Å². The van der Waals surface area contributed by atoms with Crippen LogP contribution in [0.25, 0.3) is 38.9 Å². The number of fused-ring (bicyclic) bond motifs is 6. The lowest BCUT2D eigenvalue weighted by atomic mass is 9.90. The van der Waals surface area contributed by atoms with Gasteiger partial charge in [0.25, 0.3) is 0 Å². The lowest BCUT2D eigenvalue weighted by molar-refractivity contribution is 0.669. The molecule has 0 fully saturated rings. The number of benzene rings is 3. The third-order valence-corrected chi connectivity index (χ3v) is 7.72. The largest absolute Gasteiger partial charge is 0.456 e. The number of para-hydroxylation sites is 1. The first-order valence-corrected chi connectivity index (χ1v) is 12.0. The number of allylic oxidation sites excluding steroid dienone is 3. The highest BCUT2D eigenvalue weighted by Gasteiger charge is 2.32. The van der Waals surface area contributed by atoms with Crippen molar-refractivity contribution >= 4 is 50.9 Å². The molecule has 7 rings (SSSR count). The van der Waals surface area contributed by atoms with Gasteiger partial charge in [-0.2, -0.15) is 9.97 Å². The van der Waals surface area contributed by atoms with Crippen LogP contribution in [-0.4, -0.2) is 20.2 Å². The molecule has 2 aromatic heterocycles. The Balaban J connectivity index is 1.28. The minimum Gasteiger partial charge on any atom is -0.456 e. The number of nitrogens with zero attached hydrogens (tertiary/aromatic N) is 3. The Labute approximate surface area is 199 Å². The fourth-order valence-corrected chi connectivity index (χ4v) is 6.22. The van der Waals surface area contributed by atoms with Gasteiger partial charge in [-0.15, -0.1) is 11.8 Å². The van der Waals surface area contributed by atoms with Gasteiger partial charge in [-0.05, 0) is 41.4 Å². The van der Waals surface area contributed by atoms with E-state index >= 15 is 0 Å². The Morgan fingerprint density at radius 3 is 2.61 bits per heavy atom. The van der Waals surface area contributed by atoms with Gasteiger partial charge in [0.05, 0.1) is 0 Å². The molecule has 5 aromatic rings. The smallest absolute Gasteiger partial charge is 0.226 e. The van der Waals surface area contributed by atoms with Crippen LogP contribution in [0.15, 0.2) is 94.3 Å². The maximum absolute atomic E-state index is 6.34. The normalized spacial score (nSPS) is 19.0. The summed E-state index contributed by atoms with van der Waals surface area (Å²) in [6, 6.07) is 22.6. The van der Waals surface area contributed by atoms with Crippen molar-refractivity contribution in [2.45, 2.75) is 16.1 Å². The lowest BCUT2D eigenvalue weighted by Crippen LogP contribution is -2.10. The van der Waals surface area contributed by atoms with Gasteiger partial charge in [-0.3, -0.25) is 0 Å². The number of hydrogen-bond donors (Lipinski definition) is 0. The van der Waals surface area contributed by atoms with E-state index < -0.39 is 0 Å². The van der Waals surface area contributed by atoms with Crippen LogP contribution < -0.4 is 0 Å². The summed E-state index contributed by atoms with van der Waals surface area (Å²) in [4.78, 5) is 14.9. The first-order valence-electron chi connectivity index (χ1n) is 10.7. The van der Waals surface area contributed by atoms with Gasteiger partial charge in [0.2, 0.25) is 5.28 Å². The lowest BCUT2D eigenvalue weighted by Gasteiger charge is -2.18. The van der Waals surface area contributed by atoms with E-state index in [1.807, 2.05) is 48.2 Å². The van der Waals surface area contributed by atoms with Crippen LogP contribution in [0.4, 0.5) is 0 Å². The summed E-state index contributed by atoms with van der Waals surface area (Å²) >= 11 is 8.23. The molecule has 0 bridgehead atoms. The van der Waals surface area contributed by atoms with Crippen molar-refractivity contribution in [3.8, 4) is 11.4 Å². The second-order valence-electron chi connectivity index (χ2n) is 8.19. The number of hydrogen-bond acceptors (Lipinski definition) is 5. The molecule has 2 atom stereocenters. The minimum atomic E-state index is 0.179. The van der Waals surface area contributed by atoms with Gasteiger partial charge >= 0.3 is 0 Å². The maximum Gasteiger partial charge on any atom is 0.226 e. The van der Waals surface area contributed by atoms with Crippen molar-refractivity contribution in [1.82, 2.24) is 15.0 Å². The van der Waals surface area contributed by atoms with E-state index in [-0.39, 0.29) is 5.28 Å². The van der Waals surface area contributed by atoms with Crippen LogP contribution in [-0.2, 0) is 0 Å². The van der Waals surface area contributed by atoms with Gasteiger partial charge < -0.3 is 4.42 Å². The molecule has 0 amide bonds. The fraction of sp³-hybridized carbons (Fsp3) is 0.0741. The van der Waals surface area contributed by atoms with Crippen molar-refractivity contribution in [2.75, 3.05) is 0 Å². The Morgan fingerprint density at radius 1 is 0.818 bits per heavy atom. The molecule has 0 N–H and O–H groups in total. The van der Waals surface area contributed by atoms with Gasteiger partial charge in [-0.1, -0.05) is 60.7 Å². The molecule has 6 heteroatoms. The van der Waals surface area contributed by atoms with Crippen LogP contribution in [0.3, 0.4) is 0 Å². The van der Waals surface area contributed by atoms with Crippen molar-refractivity contribution in [1.29, 1.82) is 0 Å². The quantitative estimate of drug-likeness (QED) is 0.273. The van der Waals surface area contributed by atoms with Gasteiger partial charge in [0.1, 0.15) is 11.2 Å². The molecule has 3 heterocycles. The van der Waals surface area contributed by atoms with Gasteiger partial charge in [0, 0.05) is 38.0 Å². The van der Waals surface area contributed by atoms with Crippen molar-refractivity contribution < 1.29 is 4.42 Å². The highest BCUT2D eigenvalue weighted by atomic mass is 35.5. The van der Waals surface area contributed by atoms with Gasteiger partial charge in [-0.25, -0.2) is 4.98 Å². The molecule has 3 aromatic carbocycles. The monoisotopic (exact) mass is 465 g/mol. The van der Waals surface area contributed by atoms with E-state index in [1.165, 1.54) is 10.5 Å². The number of furan rings is 1. The fourth-order valence-electron chi connectivity index (χ4n) is 4.67.